The predicted molar refractivity (Wildman–Crippen MR) is 180 cm³/mol. The molecule has 1 saturated carbocycles. The van der Waals surface area contributed by atoms with Crippen LogP contribution in [0, 0.1) is 22.9 Å². The van der Waals surface area contributed by atoms with E-state index in [0.29, 0.717) is 26.1 Å². The molecule has 10 nitrogen and oxygen atoms in total. The standard InChI is InChI=1S/C35H35F5N6O4S/c1-51(48,49)44-25-11-23-30(29(38)27(25)22-10-21(47)9-18-3-6-24(36)28(37)26(18)22)42-32(43-31(23)45-12-19-4-5-20(13-45)41-19)50-17-34-7-2-8-46(34)16-33(14-34)15-35(33,39)40/h3,6,9-11,19-20,41,44,47H,2,4-5,7-8,12-17H2,1H3/t19-,20+,33-,34-/m0/s1. The molecule has 2 bridgehead atoms. The highest BCUT2D eigenvalue weighted by atomic mass is 32.2. The van der Waals surface area contributed by atoms with Crippen LogP contribution >= 0.6 is 0 Å². The van der Waals surface area contributed by atoms with Gasteiger partial charge in [-0.1, -0.05) is 6.07 Å². The van der Waals surface area contributed by atoms with Crippen molar-refractivity contribution in [2.24, 2.45) is 5.41 Å². The summed E-state index contributed by atoms with van der Waals surface area (Å²) in [5, 5.41) is 14.0. The molecule has 5 fully saturated rings. The molecule has 0 amide bonds. The second-order valence-corrected chi connectivity index (χ2v) is 16.8. The number of rotatable bonds is 7. The Kier molecular flexibility index (Phi) is 7.08. The Morgan fingerprint density at radius 3 is 2.51 bits per heavy atom. The number of nitrogens with one attached hydrogen (secondary N) is 2. The van der Waals surface area contributed by atoms with E-state index in [1.54, 1.807) is 0 Å². The summed E-state index contributed by atoms with van der Waals surface area (Å²) < 4.78 is 110. The molecule has 4 saturated heterocycles. The van der Waals surface area contributed by atoms with Gasteiger partial charge >= 0.3 is 6.01 Å². The molecule has 16 heteroatoms. The number of nitrogens with zero attached hydrogens (tertiary/aromatic N) is 4. The largest absolute Gasteiger partial charge is 0.508 e. The molecule has 270 valence electrons. The summed E-state index contributed by atoms with van der Waals surface area (Å²) in [6.45, 7) is 1.97. The summed E-state index contributed by atoms with van der Waals surface area (Å²) in [7, 11) is -4.06. The number of halogens is 5. The fourth-order valence-electron chi connectivity index (χ4n) is 9.24. The van der Waals surface area contributed by atoms with Crippen LogP contribution in [0.25, 0.3) is 32.8 Å². The fourth-order valence-corrected chi connectivity index (χ4v) is 9.80. The first-order valence-electron chi connectivity index (χ1n) is 17.0. The number of hydrogen-bond acceptors (Lipinski definition) is 9. The number of phenolic OH excluding ortho intramolecular Hbond substituents is 1. The summed E-state index contributed by atoms with van der Waals surface area (Å²) in [5.74, 6) is -6.46. The first kappa shape index (κ1) is 32.9. The normalized spacial score (nSPS) is 28.2. The number of benzene rings is 3. The van der Waals surface area contributed by atoms with Gasteiger partial charge in [-0.3, -0.25) is 9.62 Å². The Labute approximate surface area is 290 Å². The molecule has 3 aromatic carbocycles. The van der Waals surface area contributed by atoms with E-state index in [1.165, 1.54) is 18.2 Å². The van der Waals surface area contributed by atoms with E-state index in [2.05, 4.69) is 19.9 Å². The highest BCUT2D eigenvalue weighted by Crippen LogP contribution is 2.69. The molecule has 5 heterocycles. The second-order valence-electron chi connectivity index (χ2n) is 15.1. The summed E-state index contributed by atoms with van der Waals surface area (Å²) in [6, 6.07) is 5.75. The van der Waals surface area contributed by atoms with Crippen LogP contribution in [0.2, 0.25) is 0 Å². The molecule has 1 aromatic heterocycles. The number of fused-ring (bicyclic) bond motifs is 5. The Balaban J connectivity index is 1.23. The zero-order valence-corrected chi connectivity index (χ0v) is 28.4. The van der Waals surface area contributed by atoms with Crippen LogP contribution in [0.1, 0.15) is 38.5 Å². The lowest BCUT2D eigenvalue weighted by Gasteiger charge is -2.35. The van der Waals surface area contributed by atoms with Gasteiger partial charge in [-0.15, -0.1) is 0 Å². The number of phenols is 1. The van der Waals surface area contributed by atoms with Gasteiger partial charge in [0, 0.05) is 60.0 Å². The average molecular weight is 731 g/mol. The van der Waals surface area contributed by atoms with Gasteiger partial charge in [0.05, 0.1) is 22.9 Å². The molecule has 1 aliphatic carbocycles. The minimum Gasteiger partial charge on any atom is -0.508 e. The van der Waals surface area contributed by atoms with E-state index >= 15 is 8.78 Å². The number of alkyl halides is 2. The van der Waals surface area contributed by atoms with Crippen molar-refractivity contribution in [2.45, 2.75) is 62.1 Å². The van der Waals surface area contributed by atoms with Crippen molar-refractivity contribution in [2.75, 3.05) is 48.7 Å². The van der Waals surface area contributed by atoms with Gasteiger partial charge in [-0.25, -0.2) is 30.4 Å². The van der Waals surface area contributed by atoms with Crippen molar-refractivity contribution in [1.82, 2.24) is 20.2 Å². The highest BCUT2D eigenvalue weighted by Gasteiger charge is 2.77. The topological polar surface area (TPSA) is 120 Å². The second kappa shape index (κ2) is 11.0. The first-order chi connectivity index (χ1) is 24.1. The van der Waals surface area contributed by atoms with E-state index < -0.39 is 55.7 Å². The fraction of sp³-hybridized carbons (Fsp3) is 0.486. The molecule has 4 aromatic rings. The Morgan fingerprint density at radius 1 is 1.06 bits per heavy atom. The molecular weight excluding hydrogens is 695 g/mol. The molecule has 9 rings (SSSR count). The minimum absolute atomic E-state index is 0.00641. The average Bonchev–Trinajstić information content (AvgIpc) is 3.38. The third kappa shape index (κ3) is 5.26. The molecule has 0 unspecified atom stereocenters. The molecule has 0 radical (unpaired) electrons. The Morgan fingerprint density at radius 2 is 1.80 bits per heavy atom. The van der Waals surface area contributed by atoms with Gasteiger partial charge in [0.15, 0.2) is 17.5 Å². The highest BCUT2D eigenvalue weighted by molar-refractivity contribution is 7.92. The van der Waals surface area contributed by atoms with Gasteiger partial charge in [0.2, 0.25) is 10.0 Å². The van der Waals surface area contributed by atoms with Crippen LogP contribution in [0.3, 0.4) is 0 Å². The molecule has 5 aliphatic rings. The van der Waals surface area contributed by atoms with Crippen LogP contribution in [-0.2, 0) is 10.0 Å². The van der Waals surface area contributed by atoms with E-state index in [9.17, 15) is 26.7 Å². The third-order valence-electron chi connectivity index (χ3n) is 11.5. The number of sulfonamides is 1. The van der Waals surface area contributed by atoms with Crippen molar-refractivity contribution in [3.8, 4) is 22.9 Å². The predicted octanol–water partition coefficient (Wildman–Crippen LogP) is 5.53. The van der Waals surface area contributed by atoms with Gasteiger partial charge in [-0.05, 0) is 68.3 Å². The van der Waals surface area contributed by atoms with Crippen molar-refractivity contribution < 1.29 is 40.2 Å². The lowest BCUT2D eigenvalue weighted by Crippen LogP contribution is -2.51. The molecule has 4 atom stereocenters. The van der Waals surface area contributed by atoms with Crippen LogP contribution in [0.5, 0.6) is 11.8 Å². The summed E-state index contributed by atoms with van der Waals surface area (Å²) in [5.41, 5.74) is -3.07. The maximum atomic E-state index is 17.3. The summed E-state index contributed by atoms with van der Waals surface area (Å²) >= 11 is 0. The minimum atomic E-state index is -4.06. The lowest BCUT2D eigenvalue weighted by molar-refractivity contribution is 0.0647. The monoisotopic (exact) mass is 730 g/mol. The van der Waals surface area contributed by atoms with Crippen LogP contribution in [-0.4, -0.2) is 91.0 Å². The number of hydrogen-bond donors (Lipinski definition) is 3. The molecule has 4 aliphatic heterocycles. The summed E-state index contributed by atoms with van der Waals surface area (Å²) in [6.07, 6.45) is 4.29. The first-order valence-corrected chi connectivity index (χ1v) is 18.9. The Bertz CT molecular complexity index is 2250. The molecule has 1 spiro atoms. The molecule has 3 N–H and O–H groups in total. The van der Waals surface area contributed by atoms with Crippen molar-refractivity contribution >= 4 is 43.2 Å². The van der Waals surface area contributed by atoms with E-state index in [-0.39, 0.29) is 82.8 Å². The van der Waals surface area contributed by atoms with Crippen molar-refractivity contribution in [3.63, 3.8) is 0 Å². The summed E-state index contributed by atoms with van der Waals surface area (Å²) in [4.78, 5) is 13.3. The van der Waals surface area contributed by atoms with E-state index in [1.807, 2.05) is 4.90 Å². The van der Waals surface area contributed by atoms with E-state index in [4.69, 9.17) is 9.72 Å². The molecular formula is C35H35F5N6O4S. The number of anilines is 2. The zero-order valence-electron chi connectivity index (χ0n) is 27.6. The van der Waals surface area contributed by atoms with Crippen LogP contribution in [0.15, 0.2) is 30.3 Å². The van der Waals surface area contributed by atoms with Gasteiger partial charge < -0.3 is 20.1 Å². The van der Waals surface area contributed by atoms with Crippen LogP contribution in [0.4, 0.5) is 33.5 Å². The van der Waals surface area contributed by atoms with Gasteiger partial charge in [-0.2, -0.15) is 9.97 Å². The number of aromatic nitrogens is 2. The van der Waals surface area contributed by atoms with Crippen LogP contribution < -0.4 is 19.7 Å². The van der Waals surface area contributed by atoms with E-state index in [0.717, 1.165) is 37.7 Å². The third-order valence-corrected chi connectivity index (χ3v) is 12.1. The smallest absolute Gasteiger partial charge is 0.319 e. The maximum Gasteiger partial charge on any atom is 0.319 e. The SMILES string of the molecule is CS(=O)(=O)Nc1cc2c(N3C[C@H]4CC[C@@H](C3)N4)nc(OC[C@@]34CCCN3C[C@@]3(CC3(F)F)C4)nc2c(F)c1-c1cc(O)cc2ccc(F)c(F)c12. The zero-order chi connectivity index (χ0) is 35.7. The Hall–Kier alpha value is -4.02. The number of ether oxygens (including phenoxy) is 1. The quantitative estimate of drug-likeness (QED) is 0.211. The number of aromatic hydroxyl groups is 1. The maximum absolute atomic E-state index is 17.3. The molecule has 51 heavy (non-hydrogen) atoms. The number of piperazine rings is 1. The lowest BCUT2D eigenvalue weighted by atomic mass is 9.89. The van der Waals surface area contributed by atoms with Crippen molar-refractivity contribution in [1.29, 1.82) is 0 Å². The van der Waals surface area contributed by atoms with Gasteiger partial charge in [0.1, 0.15) is 23.7 Å². The van der Waals surface area contributed by atoms with Gasteiger partial charge in [0.25, 0.3) is 5.92 Å². The van der Waals surface area contributed by atoms with Crippen molar-refractivity contribution in [3.05, 3.63) is 47.8 Å².